The first kappa shape index (κ1) is 13.4. The lowest BCUT2D eigenvalue weighted by Crippen LogP contribution is -2.10. The highest BCUT2D eigenvalue weighted by atomic mass is 32.1. The summed E-state index contributed by atoms with van der Waals surface area (Å²) in [7, 11) is 0. The molecule has 0 heterocycles. The van der Waals surface area contributed by atoms with E-state index in [1.807, 2.05) is 0 Å². The predicted molar refractivity (Wildman–Crippen MR) is 71.9 cm³/mol. The number of anilines is 2. The minimum absolute atomic E-state index is 0.00417. The number of rotatable bonds is 3. The van der Waals surface area contributed by atoms with Gasteiger partial charge in [0.25, 0.3) is 0 Å². The standard InChI is InChI=1S/C13H9F3N2S/c14-8-2-1-3-11(12(8)16)18-10-5-4-7(13(17)19)6-9(10)15/h1-6,18H,(H2,17,19). The summed E-state index contributed by atoms with van der Waals surface area (Å²) in [5.74, 6) is -2.74. The summed E-state index contributed by atoms with van der Waals surface area (Å²) in [6, 6.07) is 7.58. The van der Waals surface area contributed by atoms with E-state index in [4.69, 9.17) is 18.0 Å². The summed E-state index contributed by atoms with van der Waals surface area (Å²) in [5.41, 5.74) is 5.58. The van der Waals surface area contributed by atoms with Gasteiger partial charge in [-0.15, -0.1) is 0 Å². The largest absolute Gasteiger partial charge is 0.389 e. The second-order valence-electron chi connectivity index (χ2n) is 3.79. The van der Waals surface area contributed by atoms with Crippen LogP contribution in [-0.4, -0.2) is 4.99 Å². The zero-order valence-corrected chi connectivity index (χ0v) is 10.4. The molecule has 0 unspecified atom stereocenters. The van der Waals surface area contributed by atoms with Gasteiger partial charge in [0.05, 0.1) is 11.4 Å². The summed E-state index contributed by atoms with van der Waals surface area (Å²) < 4.78 is 40.2. The minimum atomic E-state index is -1.07. The van der Waals surface area contributed by atoms with Crippen LogP contribution in [0.15, 0.2) is 36.4 Å². The molecule has 0 aliphatic carbocycles. The second kappa shape index (κ2) is 5.27. The molecule has 2 aromatic rings. The van der Waals surface area contributed by atoms with Gasteiger partial charge in [-0.3, -0.25) is 0 Å². The summed E-state index contributed by atoms with van der Waals surface area (Å²) >= 11 is 4.71. The third-order valence-corrected chi connectivity index (χ3v) is 2.71. The van der Waals surface area contributed by atoms with Gasteiger partial charge in [-0.25, -0.2) is 13.2 Å². The summed E-state index contributed by atoms with van der Waals surface area (Å²) in [5, 5.41) is 2.47. The van der Waals surface area contributed by atoms with Gasteiger partial charge in [0.15, 0.2) is 11.6 Å². The zero-order chi connectivity index (χ0) is 14.0. The van der Waals surface area contributed by atoms with Crippen molar-refractivity contribution in [3.63, 3.8) is 0 Å². The topological polar surface area (TPSA) is 38.0 Å². The van der Waals surface area contributed by atoms with E-state index in [1.54, 1.807) is 0 Å². The van der Waals surface area contributed by atoms with E-state index in [0.717, 1.165) is 12.1 Å². The van der Waals surface area contributed by atoms with Crippen LogP contribution >= 0.6 is 12.2 Å². The van der Waals surface area contributed by atoms with Crippen LogP contribution in [0.4, 0.5) is 24.5 Å². The summed E-state index contributed by atoms with van der Waals surface area (Å²) in [6.07, 6.45) is 0. The SMILES string of the molecule is NC(=S)c1ccc(Nc2cccc(F)c2F)c(F)c1. The quantitative estimate of drug-likeness (QED) is 0.846. The van der Waals surface area contributed by atoms with Gasteiger partial charge in [-0.2, -0.15) is 0 Å². The lowest BCUT2D eigenvalue weighted by Gasteiger charge is -2.10. The van der Waals surface area contributed by atoms with Crippen molar-refractivity contribution in [1.82, 2.24) is 0 Å². The van der Waals surface area contributed by atoms with Crippen molar-refractivity contribution < 1.29 is 13.2 Å². The van der Waals surface area contributed by atoms with Crippen LogP contribution < -0.4 is 11.1 Å². The molecule has 2 aromatic carbocycles. The predicted octanol–water partition coefficient (Wildman–Crippen LogP) is 3.48. The highest BCUT2D eigenvalue weighted by molar-refractivity contribution is 7.80. The molecule has 98 valence electrons. The Balaban J connectivity index is 2.34. The van der Waals surface area contributed by atoms with Gasteiger partial charge in [0, 0.05) is 5.56 Å². The molecule has 0 amide bonds. The Kier molecular flexibility index (Phi) is 3.71. The highest BCUT2D eigenvalue weighted by Gasteiger charge is 2.10. The lowest BCUT2D eigenvalue weighted by molar-refractivity contribution is 0.511. The molecule has 0 aliphatic rings. The Bertz CT molecular complexity index is 644. The molecule has 0 radical (unpaired) electrons. The van der Waals surface area contributed by atoms with Gasteiger partial charge in [0.2, 0.25) is 0 Å². The first-order valence-electron chi connectivity index (χ1n) is 5.29. The maximum absolute atomic E-state index is 13.7. The molecule has 0 spiro atoms. The Morgan fingerprint density at radius 3 is 2.37 bits per heavy atom. The van der Waals surface area contributed by atoms with Crippen molar-refractivity contribution in [3.8, 4) is 0 Å². The van der Waals surface area contributed by atoms with Gasteiger partial charge in [-0.05, 0) is 30.3 Å². The van der Waals surface area contributed by atoms with E-state index in [9.17, 15) is 13.2 Å². The number of benzene rings is 2. The fourth-order valence-corrected chi connectivity index (χ4v) is 1.64. The number of thiocarbonyl (C=S) groups is 1. The Hall–Kier alpha value is -2.08. The van der Waals surface area contributed by atoms with Gasteiger partial charge in [-0.1, -0.05) is 18.3 Å². The molecular formula is C13H9F3N2S. The van der Waals surface area contributed by atoms with Crippen molar-refractivity contribution in [2.45, 2.75) is 0 Å². The molecular weight excluding hydrogens is 273 g/mol. The van der Waals surface area contributed by atoms with Crippen LogP contribution in [0.1, 0.15) is 5.56 Å². The van der Waals surface area contributed by atoms with Crippen molar-refractivity contribution in [2.24, 2.45) is 5.73 Å². The van der Waals surface area contributed by atoms with Crippen LogP contribution in [0.2, 0.25) is 0 Å². The Morgan fingerprint density at radius 1 is 1.00 bits per heavy atom. The highest BCUT2D eigenvalue weighted by Crippen LogP contribution is 2.24. The van der Waals surface area contributed by atoms with Gasteiger partial charge >= 0.3 is 0 Å². The third-order valence-electron chi connectivity index (χ3n) is 2.47. The van der Waals surface area contributed by atoms with Crippen molar-refractivity contribution >= 4 is 28.6 Å². The van der Waals surface area contributed by atoms with Gasteiger partial charge in [0.1, 0.15) is 10.8 Å². The monoisotopic (exact) mass is 282 g/mol. The fourth-order valence-electron chi connectivity index (χ4n) is 1.52. The van der Waals surface area contributed by atoms with Crippen LogP contribution in [0.25, 0.3) is 0 Å². The van der Waals surface area contributed by atoms with Crippen LogP contribution in [0.3, 0.4) is 0 Å². The molecule has 0 aliphatic heterocycles. The molecule has 2 rings (SSSR count). The molecule has 3 N–H and O–H groups in total. The molecule has 0 aromatic heterocycles. The average molecular weight is 282 g/mol. The first-order valence-corrected chi connectivity index (χ1v) is 5.70. The smallest absolute Gasteiger partial charge is 0.182 e. The lowest BCUT2D eigenvalue weighted by atomic mass is 10.2. The van der Waals surface area contributed by atoms with Crippen molar-refractivity contribution in [2.75, 3.05) is 5.32 Å². The molecule has 19 heavy (non-hydrogen) atoms. The minimum Gasteiger partial charge on any atom is -0.389 e. The van der Waals surface area contributed by atoms with E-state index in [1.165, 1.54) is 24.3 Å². The van der Waals surface area contributed by atoms with Crippen molar-refractivity contribution in [3.05, 3.63) is 59.4 Å². The normalized spacial score (nSPS) is 10.3. The molecule has 0 fully saturated rings. The first-order chi connectivity index (χ1) is 8.99. The Morgan fingerprint density at radius 2 is 1.74 bits per heavy atom. The van der Waals surface area contributed by atoms with E-state index in [0.29, 0.717) is 5.56 Å². The van der Waals surface area contributed by atoms with E-state index in [2.05, 4.69) is 5.32 Å². The average Bonchev–Trinajstić information content (AvgIpc) is 2.37. The van der Waals surface area contributed by atoms with E-state index >= 15 is 0 Å². The number of nitrogens with one attached hydrogen (secondary N) is 1. The molecule has 2 nitrogen and oxygen atoms in total. The van der Waals surface area contributed by atoms with Crippen LogP contribution in [0, 0.1) is 17.5 Å². The van der Waals surface area contributed by atoms with Crippen LogP contribution in [-0.2, 0) is 0 Å². The second-order valence-corrected chi connectivity index (χ2v) is 4.23. The Labute approximate surface area is 113 Å². The molecule has 0 atom stereocenters. The maximum atomic E-state index is 13.7. The summed E-state index contributed by atoms with van der Waals surface area (Å²) in [6.45, 7) is 0. The fraction of sp³-hybridized carbons (Fsp3) is 0. The molecule has 0 saturated heterocycles. The number of nitrogens with two attached hydrogens (primary N) is 1. The van der Waals surface area contributed by atoms with Crippen LogP contribution in [0.5, 0.6) is 0 Å². The molecule has 0 bridgehead atoms. The number of hydrogen-bond acceptors (Lipinski definition) is 2. The van der Waals surface area contributed by atoms with Gasteiger partial charge < -0.3 is 11.1 Å². The molecule has 6 heteroatoms. The third kappa shape index (κ3) is 2.85. The van der Waals surface area contributed by atoms with Crippen molar-refractivity contribution in [1.29, 1.82) is 0 Å². The zero-order valence-electron chi connectivity index (χ0n) is 9.58. The maximum Gasteiger partial charge on any atom is 0.182 e. The van der Waals surface area contributed by atoms with E-state index in [-0.39, 0.29) is 16.4 Å². The summed E-state index contributed by atoms with van der Waals surface area (Å²) in [4.78, 5) is 0.0578. The number of halogens is 3. The number of hydrogen-bond donors (Lipinski definition) is 2. The molecule has 0 saturated carbocycles. The van der Waals surface area contributed by atoms with E-state index < -0.39 is 17.5 Å².